The summed E-state index contributed by atoms with van der Waals surface area (Å²) in [5.41, 5.74) is 0.446. The monoisotopic (exact) mass is 285 g/mol. The number of carbonyl (C=O) groups excluding carboxylic acids is 1. The van der Waals surface area contributed by atoms with E-state index in [1.54, 1.807) is 30.6 Å². The molecule has 0 spiro atoms. The number of hydrogen-bond donors (Lipinski definition) is 1. The van der Waals surface area contributed by atoms with Crippen molar-refractivity contribution in [1.82, 2.24) is 15.3 Å². The van der Waals surface area contributed by atoms with Crippen LogP contribution in [0.3, 0.4) is 0 Å². The molecule has 1 heterocycles. The van der Waals surface area contributed by atoms with Crippen molar-refractivity contribution in [2.45, 2.75) is 31.7 Å². The quantitative estimate of drug-likeness (QED) is 0.943. The average Bonchev–Trinajstić information content (AvgIpc) is 3.00. The Morgan fingerprint density at radius 3 is 2.57 bits per heavy atom. The minimum atomic E-state index is -0.546. The van der Waals surface area contributed by atoms with Crippen LogP contribution < -0.4 is 5.32 Å². The molecule has 1 aliphatic carbocycles. The number of benzene rings is 1. The van der Waals surface area contributed by atoms with Gasteiger partial charge < -0.3 is 5.32 Å². The Labute approximate surface area is 122 Å². The summed E-state index contributed by atoms with van der Waals surface area (Å²) in [4.78, 5) is 20.6. The van der Waals surface area contributed by atoms with Gasteiger partial charge in [0.05, 0.1) is 5.56 Å². The van der Waals surface area contributed by atoms with E-state index in [2.05, 4.69) is 15.3 Å². The van der Waals surface area contributed by atoms with Gasteiger partial charge in [-0.1, -0.05) is 25.0 Å². The molecule has 0 bridgehead atoms. The maximum absolute atomic E-state index is 14.1. The number of hydrogen-bond acceptors (Lipinski definition) is 3. The van der Waals surface area contributed by atoms with Gasteiger partial charge in [0.25, 0.3) is 5.91 Å². The summed E-state index contributed by atoms with van der Waals surface area (Å²) in [7, 11) is 0. The molecule has 3 rings (SSSR count). The zero-order chi connectivity index (χ0) is 14.7. The van der Waals surface area contributed by atoms with E-state index >= 15 is 0 Å². The second-order valence-corrected chi connectivity index (χ2v) is 5.19. The summed E-state index contributed by atoms with van der Waals surface area (Å²) in [6.07, 6.45) is 7.28. The van der Waals surface area contributed by atoms with E-state index in [-0.39, 0.29) is 17.5 Å². The van der Waals surface area contributed by atoms with Gasteiger partial charge in [0, 0.05) is 24.0 Å². The minimum Gasteiger partial charge on any atom is -0.349 e. The van der Waals surface area contributed by atoms with Crippen molar-refractivity contribution in [3.63, 3.8) is 0 Å². The normalized spacial score (nSPS) is 15.1. The lowest BCUT2D eigenvalue weighted by molar-refractivity contribution is 0.0934. The summed E-state index contributed by atoms with van der Waals surface area (Å²) >= 11 is 0. The van der Waals surface area contributed by atoms with Crippen LogP contribution in [0.5, 0.6) is 0 Å². The topological polar surface area (TPSA) is 54.9 Å². The standard InChI is InChI=1S/C16H16FN3O/c17-13-8-3-7-12(15-18-9-4-10-19-15)14(13)16(21)20-11-5-1-2-6-11/h3-4,7-11H,1-2,5-6H2,(H,20,21). The maximum atomic E-state index is 14.1. The molecule has 0 atom stereocenters. The number of carbonyl (C=O) groups is 1. The first-order chi connectivity index (χ1) is 10.3. The smallest absolute Gasteiger partial charge is 0.255 e. The van der Waals surface area contributed by atoms with Gasteiger partial charge in [-0.05, 0) is 25.0 Å². The third kappa shape index (κ3) is 2.91. The molecule has 1 aliphatic rings. The summed E-state index contributed by atoms with van der Waals surface area (Å²) in [6.45, 7) is 0. The Morgan fingerprint density at radius 2 is 1.86 bits per heavy atom. The first-order valence-electron chi connectivity index (χ1n) is 7.12. The van der Waals surface area contributed by atoms with Gasteiger partial charge in [0.2, 0.25) is 0 Å². The minimum absolute atomic E-state index is 0.0237. The summed E-state index contributed by atoms with van der Waals surface area (Å²) in [6, 6.07) is 6.34. The second-order valence-electron chi connectivity index (χ2n) is 5.19. The van der Waals surface area contributed by atoms with Crippen molar-refractivity contribution in [1.29, 1.82) is 0 Å². The van der Waals surface area contributed by atoms with Gasteiger partial charge in [-0.25, -0.2) is 14.4 Å². The molecule has 1 aromatic heterocycles. The number of nitrogens with zero attached hydrogens (tertiary/aromatic N) is 2. The maximum Gasteiger partial charge on any atom is 0.255 e. The fourth-order valence-electron chi connectivity index (χ4n) is 2.71. The SMILES string of the molecule is O=C(NC1CCCC1)c1c(F)cccc1-c1ncccn1. The number of amides is 1. The Bertz CT molecular complexity index is 639. The van der Waals surface area contributed by atoms with E-state index in [4.69, 9.17) is 0 Å². The molecule has 108 valence electrons. The molecule has 1 amide bonds. The van der Waals surface area contributed by atoms with Crippen LogP contribution in [-0.2, 0) is 0 Å². The molecule has 1 N–H and O–H groups in total. The number of nitrogens with one attached hydrogen (secondary N) is 1. The van der Waals surface area contributed by atoms with Gasteiger partial charge in [-0.15, -0.1) is 0 Å². The highest BCUT2D eigenvalue weighted by Gasteiger charge is 2.23. The van der Waals surface area contributed by atoms with Gasteiger partial charge >= 0.3 is 0 Å². The predicted octanol–water partition coefficient (Wildman–Crippen LogP) is 2.96. The van der Waals surface area contributed by atoms with Gasteiger partial charge in [0.15, 0.2) is 5.82 Å². The molecule has 4 nitrogen and oxygen atoms in total. The highest BCUT2D eigenvalue weighted by molar-refractivity contribution is 6.00. The van der Waals surface area contributed by atoms with E-state index in [9.17, 15) is 9.18 Å². The highest BCUT2D eigenvalue weighted by Crippen LogP contribution is 2.24. The summed E-state index contributed by atoms with van der Waals surface area (Å²) in [5.74, 6) is -0.577. The van der Waals surface area contributed by atoms with Crippen LogP contribution in [0.1, 0.15) is 36.0 Å². The van der Waals surface area contributed by atoms with Crippen molar-refractivity contribution in [3.05, 3.63) is 48.0 Å². The van der Waals surface area contributed by atoms with Crippen LogP contribution in [0, 0.1) is 5.82 Å². The fraction of sp³-hybridized carbons (Fsp3) is 0.312. The van der Waals surface area contributed by atoms with Crippen LogP contribution in [0.4, 0.5) is 4.39 Å². The molecule has 0 radical (unpaired) electrons. The molecular weight excluding hydrogens is 269 g/mol. The summed E-state index contributed by atoms with van der Waals surface area (Å²) in [5, 5.41) is 2.91. The van der Waals surface area contributed by atoms with Gasteiger partial charge in [0.1, 0.15) is 5.82 Å². The van der Waals surface area contributed by atoms with Crippen molar-refractivity contribution in [3.8, 4) is 11.4 Å². The van der Waals surface area contributed by atoms with Crippen molar-refractivity contribution < 1.29 is 9.18 Å². The lowest BCUT2D eigenvalue weighted by atomic mass is 10.0. The van der Waals surface area contributed by atoms with E-state index in [0.29, 0.717) is 11.4 Å². The van der Waals surface area contributed by atoms with E-state index in [0.717, 1.165) is 25.7 Å². The van der Waals surface area contributed by atoms with Gasteiger partial charge in [-0.2, -0.15) is 0 Å². The number of aromatic nitrogens is 2. The zero-order valence-corrected chi connectivity index (χ0v) is 11.6. The zero-order valence-electron chi connectivity index (χ0n) is 11.6. The molecule has 1 aromatic carbocycles. The molecule has 0 saturated heterocycles. The van der Waals surface area contributed by atoms with Crippen molar-refractivity contribution in [2.75, 3.05) is 0 Å². The summed E-state index contributed by atoms with van der Waals surface area (Å²) < 4.78 is 14.1. The number of halogens is 1. The van der Waals surface area contributed by atoms with Crippen LogP contribution in [0.25, 0.3) is 11.4 Å². The predicted molar refractivity (Wildman–Crippen MR) is 77.1 cm³/mol. The Balaban J connectivity index is 1.95. The Hall–Kier alpha value is -2.30. The van der Waals surface area contributed by atoms with Crippen molar-refractivity contribution in [2.24, 2.45) is 0 Å². The van der Waals surface area contributed by atoms with Crippen LogP contribution >= 0.6 is 0 Å². The molecule has 1 saturated carbocycles. The number of rotatable bonds is 3. The largest absolute Gasteiger partial charge is 0.349 e. The van der Waals surface area contributed by atoms with Crippen LogP contribution in [-0.4, -0.2) is 21.9 Å². The first kappa shape index (κ1) is 13.7. The molecule has 5 heteroatoms. The molecule has 2 aromatic rings. The van der Waals surface area contributed by atoms with Crippen molar-refractivity contribution >= 4 is 5.91 Å². The van der Waals surface area contributed by atoms with E-state index in [1.807, 2.05) is 0 Å². The third-order valence-corrected chi connectivity index (χ3v) is 3.74. The molecule has 21 heavy (non-hydrogen) atoms. The highest BCUT2D eigenvalue weighted by atomic mass is 19.1. The second kappa shape index (κ2) is 5.99. The molecular formula is C16H16FN3O. The molecule has 1 fully saturated rings. The molecule has 0 unspecified atom stereocenters. The molecule has 0 aliphatic heterocycles. The lowest BCUT2D eigenvalue weighted by Gasteiger charge is -2.14. The van der Waals surface area contributed by atoms with E-state index in [1.165, 1.54) is 6.07 Å². The first-order valence-corrected chi connectivity index (χ1v) is 7.12. The third-order valence-electron chi connectivity index (χ3n) is 3.74. The van der Waals surface area contributed by atoms with Crippen LogP contribution in [0.2, 0.25) is 0 Å². The lowest BCUT2D eigenvalue weighted by Crippen LogP contribution is -2.33. The van der Waals surface area contributed by atoms with E-state index < -0.39 is 5.82 Å². The fourth-order valence-corrected chi connectivity index (χ4v) is 2.71. The Morgan fingerprint density at radius 1 is 1.14 bits per heavy atom. The average molecular weight is 285 g/mol. The van der Waals surface area contributed by atoms with Crippen LogP contribution in [0.15, 0.2) is 36.7 Å². The Kier molecular flexibility index (Phi) is 3.90. The van der Waals surface area contributed by atoms with Gasteiger partial charge in [-0.3, -0.25) is 4.79 Å².